The normalized spacial score (nSPS) is 15.3. The van der Waals surface area contributed by atoms with E-state index < -0.39 is 8.56 Å². The smallest absolute Gasteiger partial charge is 0.343 e. The Morgan fingerprint density at radius 3 is 0.909 bits per heavy atom. The number of rotatable bonds is 0. The fraction of sp³-hybridized carbons (Fsp3) is 1.00. The minimum atomic E-state index is -3.11. The van der Waals surface area contributed by atoms with Crippen molar-refractivity contribution in [1.29, 1.82) is 0 Å². The average molecular weight is 176 g/mol. The first-order valence-corrected chi connectivity index (χ1v) is 5.84. The molecule has 0 spiro atoms. The van der Waals surface area contributed by atoms with Crippen molar-refractivity contribution in [1.82, 2.24) is 0 Å². The van der Waals surface area contributed by atoms with Crippen molar-refractivity contribution in [3.63, 3.8) is 0 Å². The zero-order valence-corrected chi connectivity index (χ0v) is 9.39. The minimum Gasteiger partial charge on any atom is -0.410 e. The summed E-state index contributed by atoms with van der Waals surface area (Å²) in [5.74, 6) is 0. The van der Waals surface area contributed by atoms with Crippen molar-refractivity contribution in [2.75, 3.05) is 0 Å². The molecule has 0 saturated heterocycles. The van der Waals surface area contributed by atoms with E-state index in [1.165, 1.54) is 0 Å². The Morgan fingerprint density at radius 1 is 0.727 bits per heavy atom. The summed E-state index contributed by atoms with van der Waals surface area (Å²) in [4.78, 5) is 19.8. The van der Waals surface area contributed by atoms with Crippen LogP contribution in [-0.4, -0.2) is 18.2 Å². The molecule has 0 fully saturated rings. The van der Waals surface area contributed by atoms with Crippen LogP contribution < -0.4 is 0 Å². The van der Waals surface area contributed by atoms with Crippen LogP contribution >= 0.6 is 0 Å². The molecule has 0 bridgehead atoms. The summed E-state index contributed by atoms with van der Waals surface area (Å²) in [5.41, 5.74) is 0. The van der Waals surface area contributed by atoms with Crippen LogP contribution in [0.15, 0.2) is 0 Å². The van der Waals surface area contributed by atoms with E-state index in [1.54, 1.807) is 0 Å². The van der Waals surface area contributed by atoms with Crippen LogP contribution in [0.4, 0.5) is 0 Å². The van der Waals surface area contributed by atoms with Gasteiger partial charge in [-0.15, -0.1) is 0 Å². The van der Waals surface area contributed by atoms with Gasteiger partial charge in [0.05, 0.1) is 0 Å². The lowest BCUT2D eigenvalue weighted by molar-refractivity contribution is 0.273. The highest BCUT2D eigenvalue weighted by molar-refractivity contribution is 6.70. The summed E-state index contributed by atoms with van der Waals surface area (Å²) in [5, 5.41) is -0.740. The standard InChI is InChI=1S/C8H20O2Si/c1-7(2,3)11(9,10)8(4,5)6/h9-10H,1-6H3. The molecular formula is C8H20O2Si. The molecule has 0 heterocycles. The zero-order valence-electron chi connectivity index (χ0n) is 8.39. The monoisotopic (exact) mass is 176 g/mol. The fourth-order valence-corrected chi connectivity index (χ4v) is 3.38. The first kappa shape index (κ1) is 11.1. The van der Waals surface area contributed by atoms with Crippen molar-refractivity contribution < 1.29 is 9.59 Å². The van der Waals surface area contributed by atoms with Gasteiger partial charge in [0.2, 0.25) is 0 Å². The molecule has 3 heteroatoms. The van der Waals surface area contributed by atoms with Gasteiger partial charge >= 0.3 is 8.56 Å². The second-order valence-corrected chi connectivity index (χ2v) is 9.52. The van der Waals surface area contributed by atoms with Gasteiger partial charge in [-0.2, -0.15) is 0 Å². The Balaban J connectivity index is 4.75. The SMILES string of the molecule is CC(C)(C)[Si](O)(O)C(C)(C)C. The van der Waals surface area contributed by atoms with Crippen LogP contribution in [0.1, 0.15) is 41.5 Å². The molecule has 0 saturated carbocycles. The summed E-state index contributed by atoms with van der Waals surface area (Å²) in [7, 11) is -3.11. The molecule has 0 aromatic carbocycles. The summed E-state index contributed by atoms with van der Waals surface area (Å²) < 4.78 is 0. The van der Waals surface area contributed by atoms with Gasteiger partial charge in [0, 0.05) is 10.1 Å². The van der Waals surface area contributed by atoms with Gasteiger partial charge in [0.15, 0.2) is 0 Å². The van der Waals surface area contributed by atoms with E-state index in [9.17, 15) is 9.59 Å². The van der Waals surface area contributed by atoms with E-state index in [1.807, 2.05) is 41.5 Å². The predicted octanol–water partition coefficient (Wildman–Crippen LogP) is 2.01. The van der Waals surface area contributed by atoms with Crippen molar-refractivity contribution in [3.8, 4) is 0 Å². The van der Waals surface area contributed by atoms with Crippen molar-refractivity contribution in [2.45, 2.75) is 51.6 Å². The molecule has 0 atom stereocenters. The first-order valence-electron chi connectivity index (χ1n) is 3.95. The van der Waals surface area contributed by atoms with Crippen LogP contribution in [0.2, 0.25) is 10.1 Å². The Bertz CT molecular complexity index is 123. The van der Waals surface area contributed by atoms with Crippen molar-refractivity contribution >= 4 is 8.56 Å². The Hall–Kier alpha value is 0.137. The lowest BCUT2D eigenvalue weighted by Crippen LogP contribution is -2.52. The maximum absolute atomic E-state index is 9.88. The fourth-order valence-electron chi connectivity index (χ4n) is 1.12. The lowest BCUT2D eigenvalue weighted by Gasteiger charge is -2.41. The second kappa shape index (κ2) is 2.57. The molecule has 0 aliphatic carbocycles. The molecule has 11 heavy (non-hydrogen) atoms. The van der Waals surface area contributed by atoms with Gasteiger partial charge in [-0.3, -0.25) is 0 Å². The van der Waals surface area contributed by atoms with Gasteiger partial charge in [-0.05, 0) is 0 Å². The van der Waals surface area contributed by atoms with Gasteiger partial charge in [0.25, 0.3) is 0 Å². The van der Waals surface area contributed by atoms with Crippen molar-refractivity contribution in [2.24, 2.45) is 0 Å². The number of hydrogen-bond donors (Lipinski definition) is 2. The van der Waals surface area contributed by atoms with E-state index in [-0.39, 0.29) is 10.1 Å². The molecule has 0 aliphatic heterocycles. The zero-order chi connectivity index (χ0) is 9.50. The molecule has 0 unspecified atom stereocenters. The topological polar surface area (TPSA) is 40.5 Å². The Kier molecular flexibility index (Phi) is 2.60. The van der Waals surface area contributed by atoms with Crippen LogP contribution in [0.25, 0.3) is 0 Å². The summed E-state index contributed by atoms with van der Waals surface area (Å²) >= 11 is 0. The van der Waals surface area contributed by atoms with Gasteiger partial charge in [-0.1, -0.05) is 41.5 Å². The number of hydrogen-bond acceptors (Lipinski definition) is 2. The molecule has 2 nitrogen and oxygen atoms in total. The van der Waals surface area contributed by atoms with Crippen LogP contribution in [0.3, 0.4) is 0 Å². The van der Waals surface area contributed by atoms with E-state index in [4.69, 9.17) is 0 Å². The lowest BCUT2D eigenvalue weighted by atomic mass is 10.2. The molecule has 0 aromatic heterocycles. The highest BCUT2D eigenvalue weighted by Gasteiger charge is 2.52. The third-order valence-electron chi connectivity index (χ3n) is 2.09. The van der Waals surface area contributed by atoms with Crippen LogP contribution in [-0.2, 0) is 0 Å². The maximum Gasteiger partial charge on any atom is 0.343 e. The molecule has 0 amide bonds. The quantitative estimate of drug-likeness (QED) is 0.554. The highest BCUT2D eigenvalue weighted by atomic mass is 28.4. The Labute approximate surface area is 70.5 Å². The van der Waals surface area contributed by atoms with Gasteiger partial charge in [-0.25, -0.2) is 0 Å². The molecular weight excluding hydrogens is 156 g/mol. The van der Waals surface area contributed by atoms with Crippen LogP contribution in [0.5, 0.6) is 0 Å². The highest BCUT2D eigenvalue weighted by Crippen LogP contribution is 2.46. The van der Waals surface area contributed by atoms with E-state index in [0.717, 1.165) is 0 Å². The molecule has 2 N–H and O–H groups in total. The average Bonchev–Trinajstić information content (AvgIpc) is 1.58. The second-order valence-electron chi connectivity index (χ2n) is 5.17. The minimum absolute atomic E-state index is 0.370. The van der Waals surface area contributed by atoms with E-state index >= 15 is 0 Å². The molecule has 0 aromatic rings. The summed E-state index contributed by atoms with van der Waals surface area (Å²) in [6.07, 6.45) is 0. The van der Waals surface area contributed by atoms with Crippen LogP contribution in [0, 0.1) is 0 Å². The van der Waals surface area contributed by atoms with Gasteiger partial charge in [0.1, 0.15) is 0 Å². The van der Waals surface area contributed by atoms with E-state index in [2.05, 4.69) is 0 Å². The first-order chi connectivity index (χ1) is 4.50. The van der Waals surface area contributed by atoms with E-state index in [0.29, 0.717) is 0 Å². The largest absolute Gasteiger partial charge is 0.410 e. The summed E-state index contributed by atoms with van der Waals surface area (Å²) in [6, 6.07) is 0. The van der Waals surface area contributed by atoms with Crippen molar-refractivity contribution in [3.05, 3.63) is 0 Å². The third-order valence-corrected chi connectivity index (χ3v) is 6.27. The van der Waals surface area contributed by atoms with Gasteiger partial charge < -0.3 is 9.59 Å². The molecule has 0 aliphatic rings. The Morgan fingerprint density at radius 2 is 0.909 bits per heavy atom. The molecule has 0 rings (SSSR count). The molecule has 0 radical (unpaired) electrons. The molecule has 68 valence electrons. The predicted molar refractivity (Wildman–Crippen MR) is 49.6 cm³/mol. The summed E-state index contributed by atoms with van der Waals surface area (Å²) in [6.45, 7) is 11.3. The maximum atomic E-state index is 9.88. The third kappa shape index (κ3) is 2.04.